The van der Waals surface area contributed by atoms with E-state index >= 15 is 0 Å². The fourth-order valence-electron chi connectivity index (χ4n) is 1.89. The molecule has 0 bridgehead atoms. The molecule has 1 aliphatic rings. The number of esters is 1. The predicted molar refractivity (Wildman–Crippen MR) is 49.6 cm³/mol. The summed E-state index contributed by atoms with van der Waals surface area (Å²) >= 11 is 0. The maximum atomic E-state index is 11.3. The van der Waals surface area contributed by atoms with Crippen LogP contribution in [0.3, 0.4) is 0 Å². The second kappa shape index (κ2) is 3.98. The molecule has 0 radical (unpaired) electrons. The van der Waals surface area contributed by atoms with Crippen molar-refractivity contribution in [3.8, 4) is 0 Å². The number of hydrogen-bond donors (Lipinski definition) is 1. The van der Waals surface area contributed by atoms with E-state index in [1.54, 1.807) is 13.8 Å². The van der Waals surface area contributed by atoms with Crippen LogP contribution in [-0.2, 0) is 14.3 Å². The van der Waals surface area contributed by atoms with Crippen molar-refractivity contribution in [2.75, 3.05) is 0 Å². The maximum Gasteiger partial charge on any atom is 0.309 e. The standard InChI is InChI=1S/C10H16O4/c1-5-4-6(2)10(13)14-8(5)7(3)9(11)12/h5-8H,4H2,1-3H3,(H,11,12)/t5-,6+,7+,8-/m0/s1. The van der Waals surface area contributed by atoms with E-state index in [0.717, 1.165) is 0 Å². The van der Waals surface area contributed by atoms with E-state index in [9.17, 15) is 9.59 Å². The molecule has 0 aromatic heterocycles. The minimum atomic E-state index is -0.913. The number of carboxylic acid groups (broad SMARTS) is 1. The highest BCUT2D eigenvalue weighted by Crippen LogP contribution is 2.29. The van der Waals surface area contributed by atoms with Crippen LogP contribution in [-0.4, -0.2) is 23.1 Å². The molecule has 0 unspecified atom stereocenters. The van der Waals surface area contributed by atoms with E-state index in [4.69, 9.17) is 9.84 Å². The fraction of sp³-hybridized carbons (Fsp3) is 0.800. The molecule has 80 valence electrons. The predicted octanol–water partition coefficient (Wildman–Crippen LogP) is 1.29. The highest BCUT2D eigenvalue weighted by molar-refractivity contribution is 5.75. The van der Waals surface area contributed by atoms with Crippen molar-refractivity contribution < 1.29 is 19.4 Å². The lowest BCUT2D eigenvalue weighted by Crippen LogP contribution is -2.42. The van der Waals surface area contributed by atoms with E-state index in [2.05, 4.69) is 0 Å². The van der Waals surface area contributed by atoms with Gasteiger partial charge in [0.05, 0.1) is 11.8 Å². The molecule has 0 spiro atoms. The van der Waals surface area contributed by atoms with Crippen molar-refractivity contribution in [3.63, 3.8) is 0 Å². The molecule has 1 heterocycles. The SMILES string of the molecule is C[C@@H]1C[C@H](C)[C@@H]([C@@H](C)C(=O)O)OC1=O. The number of cyclic esters (lactones) is 1. The Balaban J connectivity index is 2.70. The summed E-state index contributed by atoms with van der Waals surface area (Å²) < 4.78 is 5.11. The van der Waals surface area contributed by atoms with Gasteiger partial charge in [0.15, 0.2) is 0 Å². The topological polar surface area (TPSA) is 63.6 Å². The van der Waals surface area contributed by atoms with E-state index in [1.165, 1.54) is 0 Å². The summed E-state index contributed by atoms with van der Waals surface area (Å²) in [5, 5.41) is 8.81. The summed E-state index contributed by atoms with van der Waals surface area (Å²) in [5.41, 5.74) is 0. The molecular formula is C10H16O4. The Morgan fingerprint density at radius 2 is 2.14 bits per heavy atom. The first-order valence-corrected chi connectivity index (χ1v) is 4.86. The molecule has 0 saturated carbocycles. The molecular weight excluding hydrogens is 184 g/mol. The molecule has 1 rings (SSSR count). The normalized spacial score (nSPS) is 34.8. The summed E-state index contributed by atoms with van der Waals surface area (Å²) in [5.74, 6) is -1.80. The zero-order valence-corrected chi connectivity index (χ0v) is 8.69. The first kappa shape index (κ1) is 11.0. The molecule has 4 nitrogen and oxygen atoms in total. The van der Waals surface area contributed by atoms with Gasteiger partial charge in [0.25, 0.3) is 0 Å². The number of aliphatic carboxylic acids is 1. The molecule has 0 aliphatic carbocycles. The summed E-state index contributed by atoms with van der Waals surface area (Å²) in [6.07, 6.45) is 0.234. The summed E-state index contributed by atoms with van der Waals surface area (Å²) in [6, 6.07) is 0. The van der Waals surface area contributed by atoms with Crippen molar-refractivity contribution in [2.45, 2.75) is 33.3 Å². The third kappa shape index (κ3) is 2.05. The van der Waals surface area contributed by atoms with Crippen LogP contribution in [0.5, 0.6) is 0 Å². The second-order valence-corrected chi connectivity index (χ2v) is 4.14. The van der Waals surface area contributed by atoms with Gasteiger partial charge in [0.1, 0.15) is 6.10 Å². The van der Waals surface area contributed by atoms with Gasteiger partial charge >= 0.3 is 11.9 Å². The van der Waals surface area contributed by atoms with Gasteiger partial charge in [-0.15, -0.1) is 0 Å². The van der Waals surface area contributed by atoms with Crippen LogP contribution in [0, 0.1) is 17.8 Å². The van der Waals surface area contributed by atoms with Crippen LogP contribution in [0.2, 0.25) is 0 Å². The van der Waals surface area contributed by atoms with Crippen LogP contribution in [0.25, 0.3) is 0 Å². The third-order valence-electron chi connectivity index (χ3n) is 2.82. The first-order chi connectivity index (χ1) is 6.43. The third-order valence-corrected chi connectivity index (χ3v) is 2.82. The number of rotatable bonds is 2. The van der Waals surface area contributed by atoms with Crippen molar-refractivity contribution in [3.05, 3.63) is 0 Å². The molecule has 1 N–H and O–H groups in total. The maximum absolute atomic E-state index is 11.3. The van der Waals surface area contributed by atoms with Gasteiger partial charge in [-0.2, -0.15) is 0 Å². The summed E-state index contributed by atoms with van der Waals surface area (Å²) in [4.78, 5) is 22.0. The monoisotopic (exact) mass is 200 g/mol. The van der Waals surface area contributed by atoms with Crippen LogP contribution in [0.1, 0.15) is 27.2 Å². The van der Waals surface area contributed by atoms with Gasteiger partial charge < -0.3 is 9.84 Å². The Labute approximate surface area is 83.2 Å². The Kier molecular flexibility index (Phi) is 3.13. The second-order valence-electron chi connectivity index (χ2n) is 4.14. The Bertz CT molecular complexity index is 249. The van der Waals surface area contributed by atoms with Crippen LogP contribution in [0.4, 0.5) is 0 Å². The molecule has 4 atom stereocenters. The Morgan fingerprint density at radius 3 is 2.64 bits per heavy atom. The highest BCUT2D eigenvalue weighted by atomic mass is 16.5. The fourth-order valence-corrected chi connectivity index (χ4v) is 1.89. The average Bonchev–Trinajstić information content (AvgIpc) is 2.10. The molecule has 0 aromatic carbocycles. The lowest BCUT2D eigenvalue weighted by molar-refractivity contribution is -0.172. The first-order valence-electron chi connectivity index (χ1n) is 4.86. The van der Waals surface area contributed by atoms with E-state index in [0.29, 0.717) is 6.42 Å². The zero-order chi connectivity index (χ0) is 10.9. The molecule has 0 amide bonds. The van der Waals surface area contributed by atoms with Gasteiger partial charge in [0, 0.05) is 0 Å². The molecule has 1 aliphatic heterocycles. The van der Waals surface area contributed by atoms with Crippen LogP contribution < -0.4 is 0 Å². The summed E-state index contributed by atoms with van der Waals surface area (Å²) in [7, 11) is 0. The van der Waals surface area contributed by atoms with E-state index in [1.807, 2.05) is 6.92 Å². The lowest BCUT2D eigenvalue weighted by Gasteiger charge is -2.34. The molecule has 4 heteroatoms. The van der Waals surface area contributed by atoms with Crippen LogP contribution >= 0.6 is 0 Å². The van der Waals surface area contributed by atoms with Crippen molar-refractivity contribution in [1.29, 1.82) is 0 Å². The van der Waals surface area contributed by atoms with Crippen molar-refractivity contribution in [1.82, 2.24) is 0 Å². The Hall–Kier alpha value is -1.06. The Morgan fingerprint density at radius 1 is 1.57 bits per heavy atom. The van der Waals surface area contributed by atoms with Gasteiger partial charge in [0.2, 0.25) is 0 Å². The largest absolute Gasteiger partial charge is 0.481 e. The number of ether oxygens (including phenoxy) is 1. The molecule has 14 heavy (non-hydrogen) atoms. The van der Waals surface area contributed by atoms with Crippen molar-refractivity contribution >= 4 is 11.9 Å². The van der Waals surface area contributed by atoms with Crippen LogP contribution in [0.15, 0.2) is 0 Å². The number of carbonyl (C=O) groups is 2. The van der Waals surface area contributed by atoms with Gasteiger partial charge in [-0.1, -0.05) is 13.8 Å². The minimum Gasteiger partial charge on any atom is -0.481 e. The van der Waals surface area contributed by atoms with E-state index < -0.39 is 18.0 Å². The van der Waals surface area contributed by atoms with Gasteiger partial charge in [-0.3, -0.25) is 9.59 Å². The zero-order valence-electron chi connectivity index (χ0n) is 8.69. The smallest absolute Gasteiger partial charge is 0.309 e. The molecule has 1 saturated heterocycles. The van der Waals surface area contributed by atoms with Gasteiger partial charge in [-0.25, -0.2) is 0 Å². The molecule has 0 aromatic rings. The van der Waals surface area contributed by atoms with E-state index in [-0.39, 0.29) is 17.8 Å². The number of carbonyl (C=O) groups excluding carboxylic acids is 1. The van der Waals surface area contributed by atoms with Gasteiger partial charge in [-0.05, 0) is 19.3 Å². The number of carboxylic acids is 1. The lowest BCUT2D eigenvalue weighted by atomic mass is 9.84. The number of hydrogen-bond acceptors (Lipinski definition) is 3. The summed E-state index contributed by atoms with van der Waals surface area (Å²) in [6.45, 7) is 5.31. The highest BCUT2D eigenvalue weighted by Gasteiger charge is 2.38. The molecule has 1 fully saturated rings. The average molecular weight is 200 g/mol. The van der Waals surface area contributed by atoms with Crippen molar-refractivity contribution in [2.24, 2.45) is 17.8 Å². The minimum absolute atomic E-state index is 0.109. The quantitative estimate of drug-likeness (QED) is 0.682.